The van der Waals surface area contributed by atoms with Gasteiger partial charge in [0, 0.05) is 18.3 Å². The molecule has 1 aliphatic carbocycles. The predicted octanol–water partition coefficient (Wildman–Crippen LogP) is 4.30. The highest BCUT2D eigenvalue weighted by molar-refractivity contribution is 7.99. The number of nitrogens with zero attached hydrogens (tertiary/aromatic N) is 4. The van der Waals surface area contributed by atoms with Gasteiger partial charge in [-0.15, -0.1) is 0 Å². The molecule has 2 heterocycles. The monoisotopic (exact) mass is 340 g/mol. The summed E-state index contributed by atoms with van der Waals surface area (Å²) in [5.74, 6) is 1.32. The molecule has 0 fully saturated rings. The lowest BCUT2D eigenvalue weighted by atomic mass is 10.0. The fourth-order valence-corrected chi connectivity index (χ4v) is 4.13. The Balaban J connectivity index is 1.73. The maximum Gasteiger partial charge on any atom is 0.223 e. The maximum absolute atomic E-state index is 5.12. The van der Waals surface area contributed by atoms with Crippen LogP contribution in [0.15, 0.2) is 40.0 Å². The van der Waals surface area contributed by atoms with E-state index >= 15 is 0 Å². The number of para-hydroxylation sites is 1. The summed E-state index contributed by atoms with van der Waals surface area (Å²) in [6.07, 6.45) is 4.61. The van der Waals surface area contributed by atoms with Crippen LogP contribution in [0.2, 0.25) is 0 Å². The Kier molecular flexibility index (Phi) is 4.14. The summed E-state index contributed by atoms with van der Waals surface area (Å²) < 4.78 is 7.43. The Morgan fingerprint density at radius 2 is 1.92 bits per heavy atom. The lowest BCUT2D eigenvalue weighted by Gasteiger charge is -2.15. The van der Waals surface area contributed by atoms with Crippen LogP contribution in [0.3, 0.4) is 0 Å². The van der Waals surface area contributed by atoms with Gasteiger partial charge in [0.2, 0.25) is 5.89 Å². The number of hydrogen-bond acceptors (Lipinski definition) is 5. The Labute approximate surface area is 145 Å². The fraction of sp³-hybridized carbons (Fsp3) is 0.389. The Morgan fingerprint density at radius 1 is 1.12 bits per heavy atom. The predicted molar refractivity (Wildman–Crippen MR) is 93.5 cm³/mol. The molecule has 0 spiro atoms. The summed E-state index contributed by atoms with van der Waals surface area (Å²) in [7, 11) is 0. The first-order chi connectivity index (χ1) is 11.7. The molecule has 124 valence electrons. The van der Waals surface area contributed by atoms with Gasteiger partial charge in [0.15, 0.2) is 11.0 Å². The molecule has 1 aromatic carbocycles. The molecule has 0 radical (unpaired) electrons. The van der Waals surface area contributed by atoms with Crippen LogP contribution in [-0.4, -0.2) is 19.7 Å². The molecule has 0 saturated heterocycles. The number of thioether (sulfide) groups is 1. The van der Waals surface area contributed by atoms with E-state index < -0.39 is 0 Å². The minimum Gasteiger partial charge on any atom is -0.340 e. The van der Waals surface area contributed by atoms with Crippen molar-refractivity contribution in [3.05, 3.63) is 53.4 Å². The molecule has 6 heteroatoms. The summed E-state index contributed by atoms with van der Waals surface area (Å²) in [6, 6.07) is 10.5. The molecule has 0 bridgehead atoms. The number of rotatable bonds is 4. The van der Waals surface area contributed by atoms with E-state index in [4.69, 9.17) is 9.51 Å². The van der Waals surface area contributed by atoms with Gasteiger partial charge in [-0.25, -0.2) is 4.98 Å². The lowest BCUT2D eigenvalue weighted by molar-refractivity contribution is 0.387. The average molecular weight is 340 g/mol. The van der Waals surface area contributed by atoms with E-state index in [0.717, 1.165) is 23.8 Å². The SMILES string of the molecule is Cc1nc([C@@H](C)Sc2nc3c(n2-c2ccccc2)CCCC3)no1. The van der Waals surface area contributed by atoms with Crippen molar-refractivity contribution in [1.29, 1.82) is 0 Å². The molecular weight excluding hydrogens is 320 g/mol. The summed E-state index contributed by atoms with van der Waals surface area (Å²) in [5, 5.41) is 5.16. The molecule has 3 aromatic rings. The largest absolute Gasteiger partial charge is 0.340 e. The third-order valence-corrected chi connectivity index (χ3v) is 5.35. The average Bonchev–Trinajstić information content (AvgIpc) is 3.19. The molecule has 0 aliphatic heterocycles. The van der Waals surface area contributed by atoms with Gasteiger partial charge < -0.3 is 4.52 Å². The van der Waals surface area contributed by atoms with Crippen LogP contribution in [0.25, 0.3) is 5.69 Å². The van der Waals surface area contributed by atoms with Crippen molar-refractivity contribution in [2.45, 2.75) is 49.9 Å². The van der Waals surface area contributed by atoms with E-state index in [1.54, 1.807) is 11.8 Å². The van der Waals surface area contributed by atoms with Crippen LogP contribution in [0.4, 0.5) is 0 Å². The molecule has 1 atom stereocenters. The quantitative estimate of drug-likeness (QED) is 0.663. The molecule has 4 rings (SSSR count). The first kappa shape index (κ1) is 15.4. The molecule has 5 nitrogen and oxygen atoms in total. The maximum atomic E-state index is 5.12. The third-order valence-electron chi connectivity index (χ3n) is 4.31. The first-order valence-electron chi connectivity index (χ1n) is 8.35. The second-order valence-electron chi connectivity index (χ2n) is 6.10. The zero-order chi connectivity index (χ0) is 16.5. The number of imidazole rings is 1. The van der Waals surface area contributed by atoms with E-state index in [1.165, 1.54) is 29.9 Å². The highest BCUT2D eigenvalue weighted by atomic mass is 32.2. The van der Waals surface area contributed by atoms with Crippen molar-refractivity contribution >= 4 is 11.8 Å². The van der Waals surface area contributed by atoms with E-state index in [9.17, 15) is 0 Å². The first-order valence-corrected chi connectivity index (χ1v) is 9.23. The molecule has 0 saturated carbocycles. The summed E-state index contributed by atoms with van der Waals surface area (Å²) in [4.78, 5) is 9.29. The Morgan fingerprint density at radius 3 is 2.67 bits per heavy atom. The van der Waals surface area contributed by atoms with Gasteiger partial charge in [0.05, 0.1) is 10.9 Å². The Bertz CT molecular complexity index is 840. The van der Waals surface area contributed by atoms with Gasteiger partial charge in [0.1, 0.15) is 0 Å². The third kappa shape index (κ3) is 2.86. The highest BCUT2D eigenvalue weighted by Gasteiger charge is 2.24. The summed E-state index contributed by atoms with van der Waals surface area (Å²) >= 11 is 1.69. The molecule has 1 aliphatic rings. The second-order valence-corrected chi connectivity index (χ2v) is 7.41. The minimum atomic E-state index is 0.0914. The molecule has 24 heavy (non-hydrogen) atoms. The molecule has 0 unspecified atom stereocenters. The van der Waals surface area contributed by atoms with Crippen LogP contribution in [0.1, 0.15) is 48.1 Å². The van der Waals surface area contributed by atoms with E-state index in [2.05, 4.69) is 45.9 Å². The molecule has 0 N–H and O–H groups in total. The van der Waals surface area contributed by atoms with Gasteiger partial charge in [-0.2, -0.15) is 4.98 Å². The van der Waals surface area contributed by atoms with Gasteiger partial charge >= 0.3 is 0 Å². The van der Waals surface area contributed by atoms with Crippen LogP contribution in [-0.2, 0) is 12.8 Å². The number of fused-ring (bicyclic) bond motifs is 1. The molecular formula is C18H20N4OS. The van der Waals surface area contributed by atoms with E-state index in [0.29, 0.717) is 5.89 Å². The van der Waals surface area contributed by atoms with Gasteiger partial charge in [-0.1, -0.05) is 35.1 Å². The van der Waals surface area contributed by atoms with Crippen molar-refractivity contribution in [3.63, 3.8) is 0 Å². The fourth-order valence-electron chi connectivity index (χ4n) is 3.13. The topological polar surface area (TPSA) is 56.7 Å². The van der Waals surface area contributed by atoms with Crippen molar-refractivity contribution < 1.29 is 4.52 Å². The van der Waals surface area contributed by atoms with Crippen LogP contribution in [0.5, 0.6) is 0 Å². The smallest absolute Gasteiger partial charge is 0.223 e. The van der Waals surface area contributed by atoms with Crippen molar-refractivity contribution in [1.82, 2.24) is 19.7 Å². The number of benzene rings is 1. The number of aromatic nitrogens is 4. The molecule has 0 amide bonds. The lowest BCUT2D eigenvalue weighted by Crippen LogP contribution is -2.07. The van der Waals surface area contributed by atoms with Gasteiger partial charge in [-0.05, 0) is 44.7 Å². The van der Waals surface area contributed by atoms with Crippen molar-refractivity contribution in [2.24, 2.45) is 0 Å². The zero-order valence-electron chi connectivity index (χ0n) is 13.9. The number of aryl methyl sites for hydroxylation is 2. The summed E-state index contributed by atoms with van der Waals surface area (Å²) in [6.45, 7) is 3.91. The van der Waals surface area contributed by atoms with Crippen molar-refractivity contribution in [2.75, 3.05) is 0 Å². The van der Waals surface area contributed by atoms with Crippen LogP contribution in [0, 0.1) is 6.92 Å². The Hall–Kier alpha value is -2.08. The molecule has 2 aromatic heterocycles. The van der Waals surface area contributed by atoms with Crippen LogP contribution >= 0.6 is 11.8 Å². The van der Waals surface area contributed by atoms with Crippen molar-refractivity contribution in [3.8, 4) is 5.69 Å². The highest BCUT2D eigenvalue weighted by Crippen LogP contribution is 2.37. The standard InChI is InChI=1S/C18H20N4OS/c1-12(17-19-13(2)23-21-17)24-18-20-15-10-6-7-11-16(15)22(18)14-8-4-3-5-9-14/h3-5,8-9,12H,6-7,10-11H2,1-2H3/t12-/m1/s1. The summed E-state index contributed by atoms with van der Waals surface area (Å²) in [5.41, 5.74) is 3.77. The van der Waals surface area contributed by atoms with Crippen LogP contribution < -0.4 is 0 Å². The zero-order valence-corrected chi connectivity index (χ0v) is 14.7. The minimum absolute atomic E-state index is 0.0914. The normalized spacial score (nSPS) is 15.2. The van der Waals surface area contributed by atoms with Gasteiger partial charge in [0.25, 0.3) is 0 Å². The number of hydrogen-bond donors (Lipinski definition) is 0. The van der Waals surface area contributed by atoms with E-state index in [-0.39, 0.29) is 5.25 Å². The van der Waals surface area contributed by atoms with Gasteiger partial charge in [-0.3, -0.25) is 4.57 Å². The second kappa shape index (κ2) is 6.43. The van der Waals surface area contributed by atoms with E-state index in [1.807, 2.05) is 13.0 Å².